The second-order valence-corrected chi connectivity index (χ2v) is 4.12. The van der Waals surface area contributed by atoms with Crippen LogP contribution in [0.15, 0.2) is 48.5 Å². The van der Waals surface area contributed by atoms with Gasteiger partial charge >= 0.3 is 5.97 Å². The van der Waals surface area contributed by atoms with Gasteiger partial charge in [-0.3, -0.25) is 0 Å². The summed E-state index contributed by atoms with van der Waals surface area (Å²) < 4.78 is 10.7. The minimum atomic E-state index is -0.379. The predicted octanol–water partition coefficient (Wildman–Crippen LogP) is 3.61. The van der Waals surface area contributed by atoms with Crippen molar-refractivity contribution < 1.29 is 14.3 Å². The van der Waals surface area contributed by atoms with Crippen LogP contribution >= 0.6 is 0 Å². The van der Waals surface area contributed by atoms with Crippen molar-refractivity contribution in [3.63, 3.8) is 0 Å². The van der Waals surface area contributed by atoms with E-state index in [1.807, 2.05) is 38.1 Å². The molecule has 0 aromatic heterocycles. The van der Waals surface area contributed by atoms with Crippen molar-refractivity contribution in [2.24, 2.45) is 0 Å². The minimum absolute atomic E-state index is 0.379. The Bertz CT molecular complexity index is 576. The number of benzene rings is 2. The van der Waals surface area contributed by atoms with Gasteiger partial charge in [0.05, 0.1) is 12.2 Å². The third-order valence-electron chi connectivity index (χ3n) is 2.68. The molecule has 0 atom stereocenters. The Hall–Kier alpha value is -2.29. The fraction of sp³-hybridized carbons (Fsp3) is 0.188. The molecule has 0 amide bonds. The lowest BCUT2D eigenvalue weighted by molar-refractivity contribution is 0.0733. The summed E-state index contributed by atoms with van der Waals surface area (Å²) in [6, 6.07) is 14.4. The third kappa shape index (κ3) is 3.35. The maximum atomic E-state index is 12.0. The van der Waals surface area contributed by atoms with Gasteiger partial charge in [-0.05, 0) is 43.7 Å². The van der Waals surface area contributed by atoms with Crippen molar-refractivity contribution in [1.29, 1.82) is 0 Å². The lowest BCUT2D eigenvalue weighted by Gasteiger charge is -2.08. The Kier molecular flexibility index (Phi) is 4.18. The summed E-state index contributed by atoms with van der Waals surface area (Å²) in [6.45, 7) is 4.37. The zero-order chi connectivity index (χ0) is 13.7. The fourth-order valence-corrected chi connectivity index (χ4v) is 1.71. The molecule has 2 aromatic carbocycles. The highest BCUT2D eigenvalue weighted by molar-refractivity contribution is 5.91. The summed E-state index contributed by atoms with van der Waals surface area (Å²) in [4.78, 5) is 12.0. The molecule has 0 unspecified atom stereocenters. The summed E-state index contributed by atoms with van der Waals surface area (Å²) in [5, 5.41) is 0. The third-order valence-corrected chi connectivity index (χ3v) is 2.68. The van der Waals surface area contributed by atoms with Crippen LogP contribution in [0.25, 0.3) is 0 Å². The van der Waals surface area contributed by atoms with E-state index in [-0.39, 0.29) is 5.97 Å². The van der Waals surface area contributed by atoms with Gasteiger partial charge in [0.25, 0.3) is 0 Å². The fourth-order valence-electron chi connectivity index (χ4n) is 1.71. The van der Waals surface area contributed by atoms with Crippen LogP contribution in [-0.2, 0) is 0 Å². The molecule has 0 aliphatic carbocycles. The molecule has 0 N–H and O–H groups in total. The first-order chi connectivity index (χ1) is 9.20. The normalized spacial score (nSPS) is 10.0. The Balaban J connectivity index is 2.16. The summed E-state index contributed by atoms with van der Waals surface area (Å²) in [5.41, 5.74) is 1.41. The zero-order valence-electron chi connectivity index (χ0n) is 11.1. The van der Waals surface area contributed by atoms with E-state index < -0.39 is 0 Å². The number of carbonyl (C=O) groups is 1. The predicted molar refractivity (Wildman–Crippen MR) is 73.7 cm³/mol. The van der Waals surface area contributed by atoms with Gasteiger partial charge in [-0.15, -0.1) is 0 Å². The molecule has 3 nitrogen and oxygen atoms in total. The van der Waals surface area contributed by atoms with Gasteiger partial charge in [0.2, 0.25) is 0 Å². The highest BCUT2D eigenvalue weighted by atomic mass is 16.5. The summed E-state index contributed by atoms with van der Waals surface area (Å²) in [5.74, 6) is 0.867. The number of para-hydroxylation sites is 1. The molecule has 0 saturated carbocycles. The van der Waals surface area contributed by atoms with E-state index >= 15 is 0 Å². The molecule has 19 heavy (non-hydrogen) atoms. The topological polar surface area (TPSA) is 35.5 Å². The van der Waals surface area contributed by atoms with Crippen molar-refractivity contribution in [2.45, 2.75) is 13.8 Å². The Morgan fingerprint density at radius 1 is 1.11 bits per heavy atom. The van der Waals surface area contributed by atoms with Gasteiger partial charge in [0.15, 0.2) is 0 Å². The van der Waals surface area contributed by atoms with Crippen LogP contribution in [0, 0.1) is 6.92 Å². The molecular weight excluding hydrogens is 240 g/mol. The second kappa shape index (κ2) is 6.05. The number of ether oxygens (including phenoxy) is 2. The molecule has 0 fully saturated rings. The Morgan fingerprint density at radius 3 is 2.63 bits per heavy atom. The number of hydrogen-bond donors (Lipinski definition) is 0. The van der Waals surface area contributed by atoms with Crippen molar-refractivity contribution >= 4 is 5.97 Å². The van der Waals surface area contributed by atoms with Crippen LogP contribution in [0.2, 0.25) is 0 Å². The monoisotopic (exact) mass is 256 g/mol. The lowest BCUT2D eigenvalue weighted by Crippen LogP contribution is -2.09. The minimum Gasteiger partial charge on any atom is -0.494 e. The second-order valence-electron chi connectivity index (χ2n) is 4.12. The van der Waals surface area contributed by atoms with Crippen LogP contribution in [-0.4, -0.2) is 12.6 Å². The van der Waals surface area contributed by atoms with Crippen molar-refractivity contribution in [3.8, 4) is 11.5 Å². The zero-order valence-corrected chi connectivity index (χ0v) is 11.1. The molecule has 0 radical (unpaired) electrons. The Morgan fingerprint density at radius 2 is 1.89 bits per heavy atom. The molecule has 0 spiro atoms. The molecule has 2 aromatic rings. The molecule has 0 aliphatic rings. The smallest absolute Gasteiger partial charge is 0.343 e. The average Bonchev–Trinajstić information content (AvgIpc) is 2.42. The maximum Gasteiger partial charge on any atom is 0.343 e. The first kappa shape index (κ1) is 13.1. The molecule has 2 rings (SSSR count). The van der Waals surface area contributed by atoms with E-state index in [1.165, 1.54) is 0 Å². The van der Waals surface area contributed by atoms with E-state index in [0.29, 0.717) is 23.7 Å². The summed E-state index contributed by atoms with van der Waals surface area (Å²) >= 11 is 0. The Labute approximate surface area is 112 Å². The number of aryl methyl sites for hydroxylation is 1. The van der Waals surface area contributed by atoms with E-state index in [2.05, 4.69) is 0 Å². The molecular formula is C16H16O3. The van der Waals surface area contributed by atoms with Gasteiger partial charge in [0.1, 0.15) is 11.5 Å². The van der Waals surface area contributed by atoms with Crippen LogP contribution in [0.5, 0.6) is 11.5 Å². The van der Waals surface area contributed by atoms with Gasteiger partial charge in [-0.25, -0.2) is 4.79 Å². The van der Waals surface area contributed by atoms with E-state index in [9.17, 15) is 4.79 Å². The van der Waals surface area contributed by atoms with E-state index in [0.717, 1.165) is 5.56 Å². The maximum absolute atomic E-state index is 12.0. The van der Waals surface area contributed by atoms with E-state index in [1.54, 1.807) is 24.3 Å². The van der Waals surface area contributed by atoms with Crippen LogP contribution in [0.4, 0.5) is 0 Å². The number of hydrogen-bond acceptors (Lipinski definition) is 3. The molecule has 0 bridgehead atoms. The van der Waals surface area contributed by atoms with Crippen molar-refractivity contribution in [3.05, 3.63) is 59.7 Å². The number of rotatable bonds is 4. The van der Waals surface area contributed by atoms with Crippen LogP contribution in [0.1, 0.15) is 22.8 Å². The first-order valence-electron chi connectivity index (χ1n) is 6.21. The van der Waals surface area contributed by atoms with Crippen molar-refractivity contribution in [2.75, 3.05) is 6.61 Å². The molecule has 0 aliphatic heterocycles. The lowest BCUT2D eigenvalue weighted by atomic mass is 10.2. The highest BCUT2D eigenvalue weighted by Crippen LogP contribution is 2.19. The molecule has 0 heterocycles. The standard InChI is InChI=1S/C16H16O3/c1-3-18-14-9-6-8-13(11-14)16(17)19-15-10-5-4-7-12(15)2/h4-11H,3H2,1-2H3. The largest absolute Gasteiger partial charge is 0.494 e. The first-order valence-corrected chi connectivity index (χ1v) is 6.21. The van der Waals surface area contributed by atoms with Crippen molar-refractivity contribution in [1.82, 2.24) is 0 Å². The average molecular weight is 256 g/mol. The van der Waals surface area contributed by atoms with Gasteiger partial charge in [-0.1, -0.05) is 24.3 Å². The number of carbonyl (C=O) groups excluding carboxylic acids is 1. The SMILES string of the molecule is CCOc1cccc(C(=O)Oc2ccccc2C)c1. The highest BCUT2D eigenvalue weighted by Gasteiger charge is 2.10. The summed E-state index contributed by atoms with van der Waals surface area (Å²) in [6.07, 6.45) is 0. The molecule has 3 heteroatoms. The molecule has 98 valence electrons. The van der Waals surface area contributed by atoms with Gasteiger partial charge < -0.3 is 9.47 Å². The van der Waals surface area contributed by atoms with Crippen LogP contribution in [0.3, 0.4) is 0 Å². The molecule has 0 saturated heterocycles. The number of esters is 1. The van der Waals surface area contributed by atoms with E-state index in [4.69, 9.17) is 9.47 Å². The van der Waals surface area contributed by atoms with Gasteiger partial charge in [-0.2, -0.15) is 0 Å². The summed E-state index contributed by atoms with van der Waals surface area (Å²) in [7, 11) is 0. The quantitative estimate of drug-likeness (QED) is 0.619. The van der Waals surface area contributed by atoms with Crippen LogP contribution < -0.4 is 9.47 Å². The van der Waals surface area contributed by atoms with Gasteiger partial charge in [0, 0.05) is 0 Å².